The first-order valence-electron chi connectivity index (χ1n) is 7.95. The van der Waals surface area contributed by atoms with Crippen LogP contribution in [0.2, 0.25) is 5.02 Å². The minimum Gasteiger partial charge on any atom is -0.484 e. The van der Waals surface area contributed by atoms with E-state index >= 15 is 0 Å². The van der Waals surface area contributed by atoms with Gasteiger partial charge in [0.25, 0.3) is 11.8 Å². The minimum absolute atomic E-state index is 0.0906. The lowest BCUT2D eigenvalue weighted by molar-refractivity contribution is -0.118. The maximum atomic E-state index is 13.1. The Labute approximate surface area is 156 Å². The molecule has 0 spiro atoms. The number of ether oxygens (including phenoxy) is 1. The van der Waals surface area contributed by atoms with E-state index in [1.807, 2.05) is 20.8 Å². The molecule has 7 heteroatoms. The molecule has 2 N–H and O–H groups in total. The predicted molar refractivity (Wildman–Crippen MR) is 99.2 cm³/mol. The molecular formula is C19H20ClFN2O3. The lowest BCUT2D eigenvalue weighted by Crippen LogP contribution is -2.41. The van der Waals surface area contributed by atoms with Crippen molar-refractivity contribution in [3.05, 3.63) is 58.9 Å². The molecule has 26 heavy (non-hydrogen) atoms. The lowest BCUT2D eigenvalue weighted by Gasteiger charge is -2.21. The molecule has 0 radical (unpaired) electrons. The maximum Gasteiger partial charge on any atom is 0.262 e. The number of hydrogen-bond donors (Lipinski definition) is 2. The first-order chi connectivity index (χ1) is 12.2. The molecule has 0 aliphatic rings. The topological polar surface area (TPSA) is 67.4 Å². The van der Waals surface area contributed by atoms with Crippen LogP contribution in [0, 0.1) is 5.82 Å². The van der Waals surface area contributed by atoms with Gasteiger partial charge in [-0.05, 0) is 45.0 Å². The molecule has 0 atom stereocenters. The van der Waals surface area contributed by atoms with E-state index in [2.05, 4.69) is 10.6 Å². The standard InChI is InChI=1S/C19H20ClFN2O3/c1-19(2,3)23-18(25)13-6-4-5-7-16(13)22-17(24)11-26-12-8-9-15(21)14(20)10-12/h4-10H,11H2,1-3H3,(H,22,24)(H,23,25). The summed E-state index contributed by atoms with van der Waals surface area (Å²) < 4.78 is 18.4. The number of anilines is 1. The van der Waals surface area contributed by atoms with Crippen molar-refractivity contribution in [2.24, 2.45) is 0 Å². The van der Waals surface area contributed by atoms with Gasteiger partial charge in [0.2, 0.25) is 0 Å². The smallest absolute Gasteiger partial charge is 0.262 e. The van der Waals surface area contributed by atoms with Crippen LogP contribution in [0.1, 0.15) is 31.1 Å². The Morgan fingerprint density at radius 1 is 1.15 bits per heavy atom. The third-order valence-corrected chi connectivity index (χ3v) is 3.48. The molecule has 0 saturated heterocycles. The fourth-order valence-corrected chi connectivity index (χ4v) is 2.27. The van der Waals surface area contributed by atoms with Gasteiger partial charge < -0.3 is 15.4 Å². The van der Waals surface area contributed by atoms with Crippen LogP contribution in [0.3, 0.4) is 0 Å². The number of nitrogens with one attached hydrogen (secondary N) is 2. The lowest BCUT2D eigenvalue weighted by atomic mass is 10.1. The number of halogens is 2. The average Bonchev–Trinajstić information content (AvgIpc) is 2.55. The number of benzene rings is 2. The van der Waals surface area contributed by atoms with Gasteiger partial charge >= 0.3 is 0 Å². The summed E-state index contributed by atoms with van der Waals surface area (Å²) in [7, 11) is 0. The molecule has 0 heterocycles. The molecule has 2 aromatic carbocycles. The number of hydrogen-bond acceptors (Lipinski definition) is 3. The van der Waals surface area contributed by atoms with E-state index in [1.165, 1.54) is 12.1 Å². The second kappa shape index (κ2) is 8.19. The van der Waals surface area contributed by atoms with Crippen molar-refractivity contribution in [2.45, 2.75) is 26.3 Å². The number of rotatable bonds is 5. The summed E-state index contributed by atoms with van der Waals surface area (Å²) in [5.74, 6) is -1.05. The van der Waals surface area contributed by atoms with Crippen molar-refractivity contribution < 1.29 is 18.7 Å². The largest absolute Gasteiger partial charge is 0.484 e. The highest BCUT2D eigenvalue weighted by Crippen LogP contribution is 2.21. The van der Waals surface area contributed by atoms with Crippen LogP contribution in [0.15, 0.2) is 42.5 Å². The quantitative estimate of drug-likeness (QED) is 0.825. The van der Waals surface area contributed by atoms with Crippen LogP contribution in [0.4, 0.5) is 10.1 Å². The number of carbonyl (C=O) groups excluding carboxylic acids is 2. The fourth-order valence-electron chi connectivity index (χ4n) is 2.10. The Kier molecular flexibility index (Phi) is 6.21. The number of amides is 2. The van der Waals surface area contributed by atoms with Crippen LogP contribution < -0.4 is 15.4 Å². The average molecular weight is 379 g/mol. The molecule has 0 unspecified atom stereocenters. The van der Waals surface area contributed by atoms with Crippen molar-refractivity contribution >= 4 is 29.1 Å². The highest BCUT2D eigenvalue weighted by Gasteiger charge is 2.18. The number of para-hydroxylation sites is 1. The zero-order chi connectivity index (χ0) is 19.3. The van der Waals surface area contributed by atoms with Gasteiger partial charge in [0.15, 0.2) is 6.61 Å². The summed E-state index contributed by atoms with van der Waals surface area (Å²) in [6.07, 6.45) is 0. The van der Waals surface area contributed by atoms with Crippen molar-refractivity contribution in [3.8, 4) is 5.75 Å². The molecule has 2 aromatic rings. The van der Waals surface area contributed by atoms with Gasteiger partial charge in [0.1, 0.15) is 11.6 Å². The monoisotopic (exact) mass is 378 g/mol. The summed E-state index contributed by atoms with van der Waals surface area (Å²) in [6, 6.07) is 10.5. The molecule has 138 valence electrons. The first kappa shape index (κ1) is 19.7. The van der Waals surface area contributed by atoms with E-state index in [1.54, 1.807) is 24.3 Å². The Hall–Kier alpha value is -2.60. The summed E-state index contributed by atoms with van der Waals surface area (Å²) in [6.45, 7) is 5.30. The van der Waals surface area contributed by atoms with Crippen molar-refractivity contribution in [1.82, 2.24) is 5.32 Å². The summed E-state index contributed by atoms with van der Waals surface area (Å²) >= 11 is 5.67. The van der Waals surface area contributed by atoms with E-state index in [0.29, 0.717) is 11.3 Å². The van der Waals surface area contributed by atoms with Gasteiger partial charge in [-0.1, -0.05) is 23.7 Å². The van der Waals surface area contributed by atoms with E-state index < -0.39 is 17.3 Å². The highest BCUT2D eigenvalue weighted by atomic mass is 35.5. The van der Waals surface area contributed by atoms with Crippen LogP contribution in [-0.4, -0.2) is 24.0 Å². The molecule has 2 amide bonds. The SMILES string of the molecule is CC(C)(C)NC(=O)c1ccccc1NC(=O)COc1ccc(F)c(Cl)c1. The Balaban J connectivity index is 2.02. The molecule has 0 fully saturated rings. The zero-order valence-corrected chi connectivity index (χ0v) is 15.5. The van der Waals surface area contributed by atoms with Crippen molar-refractivity contribution in [1.29, 1.82) is 0 Å². The molecular weight excluding hydrogens is 359 g/mol. The number of carbonyl (C=O) groups is 2. The zero-order valence-electron chi connectivity index (χ0n) is 14.7. The Bertz CT molecular complexity index is 819. The van der Waals surface area contributed by atoms with Crippen molar-refractivity contribution in [2.75, 3.05) is 11.9 Å². The molecule has 0 aliphatic carbocycles. The molecule has 0 bridgehead atoms. The second-order valence-corrected chi connectivity index (χ2v) is 7.07. The Morgan fingerprint density at radius 3 is 2.50 bits per heavy atom. The molecule has 2 rings (SSSR count). The molecule has 5 nitrogen and oxygen atoms in total. The normalized spacial score (nSPS) is 11.0. The van der Waals surface area contributed by atoms with Crippen LogP contribution in [0.25, 0.3) is 0 Å². The second-order valence-electron chi connectivity index (χ2n) is 6.66. The van der Waals surface area contributed by atoms with Crippen LogP contribution in [-0.2, 0) is 4.79 Å². The van der Waals surface area contributed by atoms with E-state index in [-0.39, 0.29) is 23.3 Å². The van der Waals surface area contributed by atoms with Crippen LogP contribution in [0.5, 0.6) is 5.75 Å². The minimum atomic E-state index is -0.567. The first-order valence-corrected chi connectivity index (χ1v) is 8.33. The third-order valence-electron chi connectivity index (χ3n) is 3.20. The van der Waals surface area contributed by atoms with Gasteiger partial charge in [-0.2, -0.15) is 0 Å². The fraction of sp³-hybridized carbons (Fsp3) is 0.263. The third kappa shape index (κ3) is 5.74. The van der Waals surface area contributed by atoms with Gasteiger partial charge in [-0.25, -0.2) is 4.39 Å². The molecule has 0 aliphatic heterocycles. The van der Waals surface area contributed by atoms with E-state index in [4.69, 9.17) is 16.3 Å². The summed E-state index contributed by atoms with van der Waals surface area (Å²) in [4.78, 5) is 24.5. The summed E-state index contributed by atoms with van der Waals surface area (Å²) in [5, 5.41) is 5.40. The molecule has 0 aromatic heterocycles. The molecule has 0 saturated carbocycles. The van der Waals surface area contributed by atoms with Gasteiger partial charge in [0.05, 0.1) is 16.3 Å². The van der Waals surface area contributed by atoms with Crippen molar-refractivity contribution in [3.63, 3.8) is 0 Å². The Morgan fingerprint density at radius 2 is 1.85 bits per heavy atom. The van der Waals surface area contributed by atoms with Gasteiger partial charge in [-0.15, -0.1) is 0 Å². The summed E-state index contributed by atoms with van der Waals surface area (Å²) in [5.41, 5.74) is 0.319. The predicted octanol–water partition coefficient (Wildman–Crippen LogP) is 4.02. The highest BCUT2D eigenvalue weighted by molar-refractivity contribution is 6.30. The maximum absolute atomic E-state index is 13.1. The van der Waals surface area contributed by atoms with E-state index in [0.717, 1.165) is 6.07 Å². The van der Waals surface area contributed by atoms with E-state index in [9.17, 15) is 14.0 Å². The van der Waals surface area contributed by atoms with Gasteiger partial charge in [-0.3, -0.25) is 9.59 Å². The van der Waals surface area contributed by atoms with Gasteiger partial charge in [0, 0.05) is 11.6 Å². The van der Waals surface area contributed by atoms with Crippen LogP contribution >= 0.6 is 11.6 Å².